The summed E-state index contributed by atoms with van der Waals surface area (Å²) in [5.41, 5.74) is 1.84. The van der Waals surface area contributed by atoms with Gasteiger partial charge in [-0.2, -0.15) is 0 Å². The monoisotopic (exact) mass is 286 g/mol. The molecule has 1 aromatic carbocycles. The van der Waals surface area contributed by atoms with Gasteiger partial charge in [-0.3, -0.25) is 4.98 Å². The van der Waals surface area contributed by atoms with Crippen LogP contribution in [0.25, 0.3) is 10.9 Å². The molecule has 2 heterocycles. The van der Waals surface area contributed by atoms with E-state index in [2.05, 4.69) is 16.9 Å². The van der Waals surface area contributed by atoms with E-state index in [1.807, 2.05) is 24.3 Å². The molecule has 1 N–H and O–H groups in total. The molecule has 0 amide bonds. The third-order valence-electron chi connectivity index (χ3n) is 4.49. The smallest absolute Gasteiger partial charge is 0.119 e. The molecular weight excluding hydrogens is 264 g/mol. The van der Waals surface area contributed by atoms with Crippen molar-refractivity contribution in [2.45, 2.75) is 31.4 Å². The third kappa shape index (κ3) is 2.74. The van der Waals surface area contributed by atoms with Crippen LogP contribution in [0.3, 0.4) is 0 Å². The molecule has 4 nitrogen and oxygen atoms in total. The number of benzene rings is 1. The molecule has 0 radical (unpaired) electrons. The van der Waals surface area contributed by atoms with Crippen molar-refractivity contribution in [3.63, 3.8) is 0 Å². The average Bonchev–Trinajstić information content (AvgIpc) is 2.53. The Labute approximate surface area is 125 Å². The van der Waals surface area contributed by atoms with Gasteiger partial charge in [-0.05, 0) is 56.3 Å². The molecule has 0 bridgehead atoms. The van der Waals surface area contributed by atoms with E-state index in [9.17, 15) is 5.11 Å². The first-order valence-corrected chi connectivity index (χ1v) is 7.51. The van der Waals surface area contributed by atoms with Gasteiger partial charge in [0.25, 0.3) is 0 Å². The third-order valence-corrected chi connectivity index (χ3v) is 4.49. The highest BCUT2D eigenvalue weighted by Crippen LogP contribution is 2.32. The molecule has 1 aromatic heterocycles. The molecule has 1 saturated heterocycles. The Balaban J connectivity index is 2.02. The number of hydrogen-bond donors (Lipinski definition) is 1. The van der Waals surface area contributed by atoms with Crippen LogP contribution in [-0.2, 0) is 0 Å². The van der Waals surface area contributed by atoms with E-state index in [0.29, 0.717) is 0 Å². The van der Waals surface area contributed by atoms with Crippen LogP contribution in [0.2, 0.25) is 0 Å². The number of pyridine rings is 1. The Morgan fingerprint density at radius 2 is 2.19 bits per heavy atom. The summed E-state index contributed by atoms with van der Waals surface area (Å²) in [6.07, 6.45) is 4.71. The van der Waals surface area contributed by atoms with Crippen LogP contribution < -0.4 is 4.74 Å². The number of aliphatic hydroxyl groups excluding tert-OH is 1. The quantitative estimate of drug-likeness (QED) is 0.942. The van der Waals surface area contributed by atoms with Crippen LogP contribution in [0.5, 0.6) is 5.75 Å². The minimum Gasteiger partial charge on any atom is -0.497 e. The maximum Gasteiger partial charge on any atom is 0.119 e. The predicted molar refractivity (Wildman–Crippen MR) is 83.5 cm³/mol. The molecule has 3 rings (SSSR count). The van der Waals surface area contributed by atoms with Crippen LogP contribution in [-0.4, -0.2) is 41.7 Å². The molecule has 4 heteroatoms. The fourth-order valence-electron chi connectivity index (χ4n) is 3.24. The zero-order chi connectivity index (χ0) is 14.8. The number of methoxy groups -OCH3 is 1. The van der Waals surface area contributed by atoms with E-state index in [4.69, 9.17) is 4.74 Å². The Bertz CT molecular complexity index is 629. The van der Waals surface area contributed by atoms with Crippen molar-refractivity contribution in [2.75, 3.05) is 20.7 Å². The standard InChI is InChI=1S/C17H22N2O2/c1-19-10-4-3-5-16(19)17(20)13-8-9-18-15-7-6-12(21-2)11-14(13)15/h6-9,11,16-17,20H,3-5,10H2,1-2H3. The van der Waals surface area contributed by atoms with Crippen molar-refractivity contribution in [3.8, 4) is 5.75 Å². The van der Waals surface area contributed by atoms with Gasteiger partial charge in [-0.25, -0.2) is 0 Å². The Morgan fingerprint density at radius 3 is 2.95 bits per heavy atom. The number of aliphatic hydroxyl groups is 1. The summed E-state index contributed by atoms with van der Waals surface area (Å²) in [6.45, 7) is 1.05. The lowest BCUT2D eigenvalue weighted by Crippen LogP contribution is -2.40. The Hall–Kier alpha value is -1.65. The van der Waals surface area contributed by atoms with Crippen molar-refractivity contribution < 1.29 is 9.84 Å². The molecular formula is C17H22N2O2. The molecule has 0 saturated carbocycles. The first kappa shape index (κ1) is 14.3. The van der Waals surface area contributed by atoms with Crippen LogP contribution in [0.15, 0.2) is 30.5 Å². The van der Waals surface area contributed by atoms with Crippen molar-refractivity contribution in [1.82, 2.24) is 9.88 Å². The highest BCUT2D eigenvalue weighted by Gasteiger charge is 2.28. The Morgan fingerprint density at radius 1 is 1.33 bits per heavy atom. The van der Waals surface area contributed by atoms with Crippen molar-refractivity contribution in [1.29, 1.82) is 0 Å². The maximum absolute atomic E-state index is 10.9. The normalized spacial score (nSPS) is 21.4. The highest BCUT2D eigenvalue weighted by atomic mass is 16.5. The number of piperidine rings is 1. The zero-order valence-electron chi connectivity index (χ0n) is 12.6. The SMILES string of the molecule is COc1ccc2nccc(C(O)C3CCCCN3C)c2c1. The van der Waals surface area contributed by atoms with Gasteiger partial charge < -0.3 is 14.7 Å². The van der Waals surface area contributed by atoms with E-state index < -0.39 is 6.10 Å². The van der Waals surface area contributed by atoms with E-state index in [1.165, 1.54) is 12.8 Å². The second-order valence-corrected chi connectivity index (χ2v) is 5.77. The van der Waals surface area contributed by atoms with Gasteiger partial charge in [0.05, 0.1) is 18.7 Å². The van der Waals surface area contributed by atoms with E-state index in [1.54, 1.807) is 13.3 Å². The van der Waals surface area contributed by atoms with E-state index >= 15 is 0 Å². The van der Waals surface area contributed by atoms with Gasteiger partial charge >= 0.3 is 0 Å². The lowest BCUT2D eigenvalue weighted by atomic mass is 9.92. The second-order valence-electron chi connectivity index (χ2n) is 5.77. The molecule has 2 aromatic rings. The molecule has 2 atom stereocenters. The fraction of sp³-hybridized carbons (Fsp3) is 0.471. The molecule has 2 unspecified atom stereocenters. The van der Waals surface area contributed by atoms with Crippen molar-refractivity contribution in [3.05, 3.63) is 36.0 Å². The van der Waals surface area contributed by atoms with Gasteiger partial charge in [-0.1, -0.05) is 6.42 Å². The second kappa shape index (κ2) is 6.00. The summed E-state index contributed by atoms with van der Waals surface area (Å²) in [5, 5.41) is 11.8. The van der Waals surface area contributed by atoms with Crippen LogP contribution in [0.4, 0.5) is 0 Å². The number of fused-ring (bicyclic) bond motifs is 1. The largest absolute Gasteiger partial charge is 0.497 e. The molecule has 0 aliphatic carbocycles. The summed E-state index contributed by atoms with van der Waals surface area (Å²) in [6, 6.07) is 7.90. The molecule has 21 heavy (non-hydrogen) atoms. The molecule has 1 aliphatic rings. The lowest BCUT2D eigenvalue weighted by molar-refractivity contribution is 0.0412. The van der Waals surface area contributed by atoms with E-state index in [-0.39, 0.29) is 6.04 Å². The predicted octanol–water partition coefficient (Wildman–Crippen LogP) is 2.76. The number of likely N-dealkylation sites (N-methyl/N-ethyl adjacent to an activating group) is 1. The summed E-state index contributed by atoms with van der Waals surface area (Å²) in [7, 11) is 3.75. The first-order chi connectivity index (χ1) is 10.2. The summed E-state index contributed by atoms with van der Waals surface area (Å²) < 4.78 is 5.30. The number of hydrogen-bond acceptors (Lipinski definition) is 4. The van der Waals surface area contributed by atoms with Gasteiger partial charge in [0.1, 0.15) is 5.75 Å². The van der Waals surface area contributed by atoms with Gasteiger partial charge in [-0.15, -0.1) is 0 Å². The van der Waals surface area contributed by atoms with Crippen LogP contribution in [0.1, 0.15) is 30.9 Å². The number of likely N-dealkylation sites (tertiary alicyclic amines) is 1. The minimum atomic E-state index is -0.493. The number of rotatable bonds is 3. The Kier molecular flexibility index (Phi) is 4.08. The first-order valence-electron chi connectivity index (χ1n) is 7.51. The van der Waals surface area contributed by atoms with Gasteiger partial charge in [0.2, 0.25) is 0 Å². The molecule has 1 fully saturated rings. The fourth-order valence-corrected chi connectivity index (χ4v) is 3.24. The van der Waals surface area contributed by atoms with Gasteiger partial charge in [0, 0.05) is 17.6 Å². The molecule has 1 aliphatic heterocycles. The summed E-state index contributed by atoms with van der Waals surface area (Å²) in [4.78, 5) is 6.65. The van der Waals surface area contributed by atoms with Crippen molar-refractivity contribution in [2.24, 2.45) is 0 Å². The molecule has 112 valence electrons. The van der Waals surface area contributed by atoms with Gasteiger partial charge in [0.15, 0.2) is 0 Å². The van der Waals surface area contributed by atoms with E-state index in [0.717, 1.165) is 35.2 Å². The molecule has 0 spiro atoms. The lowest BCUT2D eigenvalue weighted by Gasteiger charge is -2.36. The maximum atomic E-state index is 10.9. The number of nitrogens with zero attached hydrogens (tertiary/aromatic N) is 2. The number of aromatic nitrogens is 1. The number of ether oxygens (including phenoxy) is 1. The van der Waals surface area contributed by atoms with Crippen molar-refractivity contribution >= 4 is 10.9 Å². The topological polar surface area (TPSA) is 45.6 Å². The highest BCUT2D eigenvalue weighted by molar-refractivity contribution is 5.83. The van der Waals surface area contributed by atoms with Crippen LogP contribution in [0, 0.1) is 0 Å². The summed E-state index contributed by atoms with van der Waals surface area (Å²) in [5.74, 6) is 0.793. The summed E-state index contributed by atoms with van der Waals surface area (Å²) >= 11 is 0. The zero-order valence-corrected chi connectivity index (χ0v) is 12.6. The average molecular weight is 286 g/mol. The van der Waals surface area contributed by atoms with Crippen LogP contribution >= 0.6 is 0 Å². The minimum absolute atomic E-state index is 0.176.